The van der Waals surface area contributed by atoms with Gasteiger partial charge in [0.25, 0.3) is 0 Å². The summed E-state index contributed by atoms with van der Waals surface area (Å²) in [7, 11) is 0. The van der Waals surface area contributed by atoms with Crippen molar-refractivity contribution in [2.75, 3.05) is 0 Å². The van der Waals surface area contributed by atoms with Crippen molar-refractivity contribution in [1.29, 1.82) is 0 Å². The summed E-state index contributed by atoms with van der Waals surface area (Å²) in [6.07, 6.45) is 0. The highest BCUT2D eigenvalue weighted by Crippen LogP contribution is 2.49. The lowest BCUT2D eigenvalue weighted by atomic mass is 9.76. The molecule has 1 atom stereocenters. The molecule has 1 N–H and O–H groups in total. The van der Waals surface area contributed by atoms with E-state index in [1.165, 1.54) is 83.0 Å². The molecule has 6 aromatic carbocycles. The Morgan fingerprint density at radius 2 is 1.15 bits per heavy atom. The van der Waals surface area contributed by atoms with Gasteiger partial charge in [-0.3, -0.25) is 0 Å². The Labute approximate surface area is 234 Å². The van der Waals surface area contributed by atoms with Gasteiger partial charge in [-0.05, 0) is 92.4 Å². The molecule has 1 aromatic heterocycles. The molecule has 190 valence electrons. The first-order chi connectivity index (χ1) is 19.7. The average Bonchev–Trinajstić information content (AvgIpc) is 3.38. The molecule has 0 aliphatic heterocycles. The Kier molecular flexibility index (Phi) is 5.09. The summed E-state index contributed by atoms with van der Waals surface area (Å²) >= 11 is 0. The maximum Gasteiger partial charge on any atom is 0.0477 e. The van der Waals surface area contributed by atoms with Crippen LogP contribution in [-0.4, -0.2) is 4.98 Å². The SMILES string of the molecule is Cc1c2cc3[nH]c4ccc(-c5ccccc5)cc4c3c1-c1ccccc1C(C)c1cc(-c3ccccc3)ccc1-2. The van der Waals surface area contributed by atoms with Crippen LogP contribution in [0.5, 0.6) is 0 Å². The fraction of sp³-hybridized carbons (Fsp3) is 0.0769. The highest BCUT2D eigenvalue weighted by atomic mass is 14.7. The largest absolute Gasteiger partial charge is 0.354 e. The van der Waals surface area contributed by atoms with Crippen molar-refractivity contribution in [1.82, 2.24) is 4.98 Å². The van der Waals surface area contributed by atoms with Gasteiger partial charge >= 0.3 is 0 Å². The maximum atomic E-state index is 3.79. The third-order valence-corrected chi connectivity index (χ3v) is 8.86. The van der Waals surface area contributed by atoms with Crippen LogP contribution in [0.3, 0.4) is 0 Å². The van der Waals surface area contributed by atoms with Crippen molar-refractivity contribution in [2.24, 2.45) is 0 Å². The van der Waals surface area contributed by atoms with Gasteiger partial charge in [-0.25, -0.2) is 0 Å². The first-order valence-electron chi connectivity index (χ1n) is 14.1. The molecule has 0 amide bonds. The molecule has 0 fully saturated rings. The van der Waals surface area contributed by atoms with Crippen LogP contribution in [0.1, 0.15) is 29.5 Å². The second-order valence-electron chi connectivity index (χ2n) is 11.1. The van der Waals surface area contributed by atoms with E-state index in [4.69, 9.17) is 0 Å². The first kappa shape index (κ1) is 23.0. The zero-order chi connectivity index (χ0) is 26.8. The molecular weight excluding hydrogens is 482 g/mol. The van der Waals surface area contributed by atoms with E-state index in [0.717, 1.165) is 0 Å². The molecule has 0 saturated carbocycles. The second kappa shape index (κ2) is 8.83. The number of aromatic amines is 1. The predicted molar refractivity (Wildman–Crippen MR) is 170 cm³/mol. The highest BCUT2D eigenvalue weighted by molar-refractivity contribution is 6.17. The van der Waals surface area contributed by atoms with Gasteiger partial charge in [0.15, 0.2) is 0 Å². The van der Waals surface area contributed by atoms with E-state index in [-0.39, 0.29) is 5.92 Å². The fourth-order valence-electron chi connectivity index (χ4n) is 6.84. The van der Waals surface area contributed by atoms with E-state index in [1.807, 2.05) is 0 Å². The quantitative estimate of drug-likeness (QED) is 0.238. The van der Waals surface area contributed by atoms with Gasteiger partial charge < -0.3 is 4.98 Å². The third-order valence-electron chi connectivity index (χ3n) is 8.86. The van der Waals surface area contributed by atoms with Crippen LogP contribution >= 0.6 is 0 Å². The highest BCUT2D eigenvalue weighted by Gasteiger charge is 2.27. The number of benzene rings is 6. The van der Waals surface area contributed by atoms with Crippen molar-refractivity contribution in [3.63, 3.8) is 0 Å². The molecule has 40 heavy (non-hydrogen) atoms. The van der Waals surface area contributed by atoms with E-state index in [0.29, 0.717) is 0 Å². The fourth-order valence-corrected chi connectivity index (χ4v) is 6.84. The minimum absolute atomic E-state index is 0.257. The van der Waals surface area contributed by atoms with Crippen LogP contribution in [0.15, 0.2) is 127 Å². The second-order valence-corrected chi connectivity index (χ2v) is 11.1. The molecular formula is C39H29N. The minimum atomic E-state index is 0.257. The molecule has 1 heterocycles. The Morgan fingerprint density at radius 3 is 1.90 bits per heavy atom. The molecule has 2 bridgehead atoms. The van der Waals surface area contributed by atoms with Crippen LogP contribution in [0.2, 0.25) is 0 Å². The van der Waals surface area contributed by atoms with E-state index in [2.05, 4.69) is 146 Å². The summed E-state index contributed by atoms with van der Waals surface area (Å²) in [6.45, 7) is 4.68. The normalized spacial score (nSPS) is 14.0. The van der Waals surface area contributed by atoms with Gasteiger partial charge in [0.05, 0.1) is 0 Å². The molecule has 7 aromatic rings. The Bertz CT molecular complexity index is 2060. The Hall–Kier alpha value is -4.88. The zero-order valence-electron chi connectivity index (χ0n) is 22.7. The topological polar surface area (TPSA) is 15.8 Å². The number of rotatable bonds is 2. The van der Waals surface area contributed by atoms with Gasteiger partial charge in [-0.2, -0.15) is 0 Å². The molecule has 1 heteroatoms. The van der Waals surface area contributed by atoms with Crippen LogP contribution in [0.4, 0.5) is 0 Å². The van der Waals surface area contributed by atoms with E-state index >= 15 is 0 Å². The lowest BCUT2D eigenvalue weighted by Crippen LogP contribution is -2.06. The van der Waals surface area contributed by atoms with Crippen molar-refractivity contribution >= 4 is 21.8 Å². The molecule has 1 aliphatic carbocycles. The summed E-state index contributed by atoms with van der Waals surface area (Å²) in [6, 6.07) is 46.7. The smallest absolute Gasteiger partial charge is 0.0477 e. The van der Waals surface area contributed by atoms with Gasteiger partial charge in [-0.15, -0.1) is 0 Å². The zero-order valence-corrected chi connectivity index (χ0v) is 22.7. The third kappa shape index (κ3) is 3.41. The predicted octanol–water partition coefficient (Wildman–Crippen LogP) is 10.8. The lowest BCUT2D eigenvalue weighted by molar-refractivity contribution is 0.925. The number of hydrogen-bond donors (Lipinski definition) is 1. The van der Waals surface area contributed by atoms with Crippen molar-refractivity contribution in [3.05, 3.63) is 144 Å². The minimum Gasteiger partial charge on any atom is -0.354 e. The average molecular weight is 512 g/mol. The van der Waals surface area contributed by atoms with E-state index in [1.54, 1.807) is 0 Å². The summed E-state index contributed by atoms with van der Waals surface area (Å²) in [4.78, 5) is 3.79. The van der Waals surface area contributed by atoms with Crippen LogP contribution in [0.25, 0.3) is 66.3 Å². The standard InChI is InChI=1S/C39H29N/c1-24-30-15-9-10-16-32(30)38-25(2)34(31-19-17-28(21-33(24)31)26-11-5-3-6-12-26)23-37-39(38)35-22-29(18-20-36(35)40-37)27-13-7-4-8-14-27/h3-24,40H,1-2H3. The Balaban J connectivity index is 1.46. The van der Waals surface area contributed by atoms with Crippen molar-refractivity contribution in [3.8, 4) is 44.5 Å². The van der Waals surface area contributed by atoms with Gasteiger partial charge in [-0.1, -0.05) is 110 Å². The summed E-state index contributed by atoms with van der Waals surface area (Å²) < 4.78 is 0. The Morgan fingerprint density at radius 1 is 0.500 bits per heavy atom. The van der Waals surface area contributed by atoms with Crippen LogP contribution in [-0.2, 0) is 0 Å². The number of hydrogen-bond acceptors (Lipinski definition) is 0. The number of fused-ring (bicyclic) bond motifs is 10. The summed E-state index contributed by atoms with van der Waals surface area (Å²) in [5.74, 6) is 0.257. The van der Waals surface area contributed by atoms with Crippen LogP contribution < -0.4 is 0 Å². The van der Waals surface area contributed by atoms with Gasteiger partial charge in [0.2, 0.25) is 0 Å². The molecule has 0 saturated heterocycles. The summed E-state index contributed by atoms with van der Waals surface area (Å²) in [5.41, 5.74) is 16.8. The summed E-state index contributed by atoms with van der Waals surface area (Å²) in [5, 5.41) is 2.60. The monoisotopic (exact) mass is 511 g/mol. The van der Waals surface area contributed by atoms with Crippen molar-refractivity contribution in [2.45, 2.75) is 19.8 Å². The molecule has 1 aliphatic rings. The number of aromatic nitrogens is 1. The van der Waals surface area contributed by atoms with Crippen LogP contribution in [0, 0.1) is 6.92 Å². The van der Waals surface area contributed by atoms with E-state index < -0.39 is 0 Å². The number of H-pyrrole nitrogens is 1. The van der Waals surface area contributed by atoms with Gasteiger partial charge in [0.1, 0.15) is 0 Å². The molecule has 1 nitrogen and oxygen atoms in total. The van der Waals surface area contributed by atoms with E-state index in [9.17, 15) is 0 Å². The molecule has 8 rings (SSSR count). The van der Waals surface area contributed by atoms with Crippen molar-refractivity contribution < 1.29 is 0 Å². The van der Waals surface area contributed by atoms with Gasteiger partial charge in [0, 0.05) is 27.7 Å². The molecule has 0 spiro atoms. The molecule has 1 unspecified atom stereocenters. The lowest BCUT2D eigenvalue weighted by Gasteiger charge is -2.27. The maximum absolute atomic E-state index is 3.79. The molecule has 0 radical (unpaired) electrons. The first-order valence-corrected chi connectivity index (χ1v) is 14.1. The number of nitrogens with one attached hydrogen (secondary N) is 1.